The van der Waals surface area contributed by atoms with Crippen LogP contribution < -0.4 is 0 Å². The monoisotopic (exact) mass is 257 g/mol. The molecule has 0 aromatic heterocycles. The highest BCUT2D eigenvalue weighted by molar-refractivity contribution is 5.73. The van der Waals surface area contributed by atoms with E-state index in [1.54, 1.807) is 6.92 Å². The molecular formula is C12H10F3NO2. The van der Waals surface area contributed by atoms with Crippen molar-refractivity contribution in [3.05, 3.63) is 34.6 Å². The molecule has 0 atom stereocenters. The molecule has 0 aliphatic rings. The zero-order chi connectivity index (χ0) is 13.7. The van der Waals surface area contributed by atoms with Crippen LogP contribution in [0.15, 0.2) is 12.1 Å². The van der Waals surface area contributed by atoms with Crippen molar-refractivity contribution >= 4 is 5.97 Å². The average Bonchev–Trinajstić information content (AvgIpc) is 2.29. The van der Waals surface area contributed by atoms with Crippen LogP contribution in [0.25, 0.3) is 0 Å². The molecule has 0 N–H and O–H groups in total. The Bertz CT molecular complexity index is 495. The van der Waals surface area contributed by atoms with Crippen molar-refractivity contribution in [2.75, 3.05) is 6.61 Å². The van der Waals surface area contributed by atoms with Gasteiger partial charge in [0, 0.05) is 0 Å². The number of rotatable bonds is 4. The van der Waals surface area contributed by atoms with Crippen molar-refractivity contribution < 1.29 is 22.7 Å². The molecule has 1 aromatic rings. The lowest BCUT2D eigenvalue weighted by molar-refractivity contribution is -0.142. The van der Waals surface area contributed by atoms with Gasteiger partial charge in [-0.1, -0.05) is 6.07 Å². The zero-order valence-corrected chi connectivity index (χ0v) is 9.54. The number of carbonyl (C=O) groups is 1. The Balaban J connectivity index is 3.17. The molecule has 1 aromatic carbocycles. The van der Waals surface area contributed by atoms with Crippen LogP contribution in [0.3, 0.4) is 0 Å². The summed E-state index contributed by atoms with van der Waals surface area (Å²) in [5.74, 6) is -2.00. The Morgan fingerprint density at radius 2 is 2.17 bits per heavy atom. The van der Waals surface area contributed by atoms with Gasteiger partial charge in [0.15, 0.2) is 0 Å². The highest BCUT2D eigenvalue weighted by atomic mass is 19.3. The van der Waals surface area contributed by atoms with E-state index in [2.05, 4.69) is 4.74 Å². The quantitative estimate of drug-likeness (QED) is 0.779. The first kappa shape index (κ1) is 14.0. The first-order valence-corrected chi connectivity index (χ1v) is 5.16. The highest BCUT2D eigenvalue weighted by Gasteiger charge is 2.22. The van der Waals surface area contributed by atoms with E-state index in [0.29, 0.717) is 0 Å². The maximum atomic E-state index is 13.6. The van der Waals surface area contributed by atoms with Gasteiger partial charge in [0.2, 0.25) is 0 Å². The Kier molecular flexibility index (Phi) is 4.72. The van der Waals surface area contributed by atoms with Crippen molar-refractivity contribution in [3.63, 3.8) is 0 Å². The van der Waals surface area contributed by atoms with Crippen molar-refractivity contribution in [2.24, 2.45) is 0 Å². The molecule has 0 saturated carbocycles. The van der Waals surface area contributed by atoms with Crippen LogP contribution in [0.5, 0.6) is 0 Å². The Morgan fingerprint density at radius 1 is 1.50 bits per heavy atom. The van der Waals surface area contributed by atoms with Gasteiger partial charge in [-0.05, 0) is 18.6 Å². The predicted molar refractivity (Wildman–Crippen MR) is 56.4 cm³/mol. The number of hydrogen-bond donors (Lipinski definition) is 0. The topological polar surface area (TPSA) is 50.1 Å². The second kappa shape index (κ2) is 6.05. The van der Waals surface area contributed by atoms with Gasteiger partial charge in [-0.25, -0.2) is 13.2 Å². The van der Waals surface area contributed by atoms with E-state index in [4.69, 9.17) is 5.26 Å². The number of nitriles is 1. The van der Waals surface area contributed by atoms with Gasteiger partial charge < -0.3 is 4.74 Å². The standard InChI is InChI=1S/C12H10F3NO2/c1-2-18-9(17)5-7-3-4-8(6-16)11(13)10(7)12(14)15/h3-4,12H,2,5H2,1H3. The fourth-order valence-corrected chi connectivity index (χ4v) is 1.48. The van der Waals surface area contributed by atoms with Crippen molar-refractivity contribution in [3.8, 4) is 6.07 Å². The Labute approximate surface area is 102 Å². The molecule has 0 unspecified atom stereocenters. The lowest BCUT2D eigenvalue weighted by Gasteiger charge is -2.10. The van der Waals surface area contributed by atoms with Gasteiger partial charge in [-0.2, -0.15) is 5.26 Å². The average molecular weight is 257 g/mol. The van der Waals surface area contributed by atoms with Crippen LogP contribution in [0.1, 0.15) is 30.0 Å². The van der Waals surface area contributed by atoms with Crippen LogP contribution in [-0.2, 0) is 16.0 Å². The van der Waals surface area contributed by atoms with E-state index in [1.165, 1.54) is 6.07 Å². The van der Waals surface area contributed by atoms with Gasteiger partial charge in [-0.15, -0.1) is 0 Å². The molecule has 96 valence electrons. The Morgan fingerprint density at radius 3 is 2.67 bits per heavy atom. The van der Waals surface area contributed by atoms with Crippen LogP contribution in [0, 0.1) is 17.1 Å². The first-order chi connectivity index (χ1) is 8.51. The molecule has 0 bridgehead atoms. The number of halogens is 3. The second-order valence-electron chi connectivity index (χ2n) is 3.39. The van der Waals surface area contributed by atoms with Crippen LogP contribution in [0.2, 0.25) is 0 Å². The summed E-state index contributed by atoms with van der Waals surface area (Å²) in [6.07, 6.45) is -3.54. The van der Waals surface area contributed by atoms with Crippen LogP contribution in [0.4, 0.5) is 13.2 Å². The van der Waals surface area contributed by atoms with Crippen molar-refractivity contribution in [2.45, 2.75) is 19.8 Å². The number of carbonyl (C=O) groups excluding carboxylic acids is 1. The number of ether oxygens (including phenoxy) is 1. The lowest BCUT2D eigenvalue weighted by Crippen LogP contribution is -2.11. The van der Waals surface area contributed by atoms with E-state index in [-0.39, 0.29) is 12.2 Å². The summed E-state index contributed by atoms with van der Waals surface area (Å²) in [6, 6.07) is 3.68. The largest absolute Gasteiger partial charge is 0.466 e. The number of esters is 1. The third-order valence-electron chi connectivity index (χ3n) is 2.25. The highest BCUT2D eigenvalue weighted by Crippen LogP contribution is 2.28. The molecule has 0 fully saturated rings. The van der Waals surface area contributed by atoms with Gasteiger partial charge in [0.05, 0.1) is 24.2 Å². The minimum atomic E-state index is -3.09. The summed E-state index contributed by atoms with van der Waals surface area (Å²) in [5, 5.41) is 8.56. The Hall–Kier alpha value is -2.03. The molecule has 0 saturated heterocycles. The molecule has 0 amide bonds. The maximum absolute atomic E-state index is 13.6. The van der Waals surface area contributed by atoms with Gasteiger partial charge in [0.1, 0.15) is 11.9 Å². The summed E-state index contributed by atoms with van der Waals surface area (Å²) >= 11 is 0. The third-order valence-corrected chi connectivity index (χ3v) is 2.25. The number of nitrogens with zero attached hydrogens (tertiary/aromatic N) is 1. The molecule has 0 aliphatic carbocycles. The van der Waals surface area contributed by atoms with E-state index in [0.717, 1.165) is 12.1 Å². The van der Waals surface area contributed by atoms with Gasteiger partial charge >= 0.3 is 5.97 Å². The maximum Gasteiger partial charge on any atom is 0.310 e. The molecule has 6 heteroatoms. The molecular weight excluding hydrogens is 247 g/mol. The lowest BCUT2D eigenvalue weighted by atomic mass is 10.0. The number of hydrogen-bond acceptors (Lipinski definition) is 3. The van der Waals surface area contributed by atoms with Crippen LogP contribution >= 0.6 is 0 Å². The molecule has 0 heterocycles. The second-order valence-corrected chi connectivity index (χ2v) is 3.39. The SMILES string of the molecule is CCOC(=O)Cc1ccc(C#N)c(F)c1C(F)F. The van der Waals surface area contributed by atoms with Gasteiger partial charge in [0.25, 0.3) is 6.43 Å². The molecule has 0 spiro atoms. The minimum Gasteiger partial charge on any atom is -0.466 e. The number of benzene rings is 1. The van der Waals surface area contributed by atoms with E-state index in [9.17, 15) is 18.0 Å². The van der Waals surface area contributed by atoms with Crippen molar-refractivity contribution in [1.82, 2.24) is 0 Å². The smallest absolute Gasteiger partial charge is 0.310 e. The molecule has 3 nitrogen and oxygen atoms in total. The molecule has 18 heavy (non-hydrogen) atoms. The molecule has 0 radical (unpaired) electrons. The summed E-state index contributed by atoms with van der Waals surface area (Å²) < 4.78 is 43.7. The van der Waals surface area contributed by atoms with Gasteiger partial charge in [-0.3, -0.25) is 4.79 Å². The van der Waals surface area contributed by atoms with E-state index < -0.39 is 35.8 Å². The third kappa shape index (κ3) is 3.00. The normalized spacial score (nSPS) is 10.2. The van der Waals surface area contributed by atoms with Crippen molar-refractivity contribution in [1.29, 1.82) is 5.26 Å². The summed E-state index contributed by atoms with van der Waals surface area (Å²) in [7, 11) is 0. The predicted octanol–water partition coefficient (Wildman–Crippen LogP) is 2.74. The summed E-state index contributed by atoms with van der Waals surface area (Å²) in [5.41, 5.74) is -1.56. The summed E-state index contributed by atoms with van der Waals surface area (Å²) in [4.78, 5) is 11.2. The number of alkyl halides is 2. The minimum absolute atomic E-state index is 0.113. The molecule has 1 rings (SSSR count). The van der Waals surface area contributed by atoms with Crippen LogP contribution in [-0.4, -0.2) is 12.6 Å². The summed E-state index contributed by atoms with van der Waals surface area (Å²) in [6.45, 7) is 1.69. The van der Waals surface area contributed by atoms with E-state index >= 15 is 0 Å². The zero-order valence-electron chi connectivity index (χ0n) is 9.54. The van der Waals surface area contributed by atoms with E-state index in [1.807, 2.05) is 0 Å². The fourth-order valence-electron chi connectivity index (χ4n) is 1.48. The molecule has 0 aliphatic heterocycles. The fraction of sp³-hybridized carbons (Fsp3) is 0.333. The first-order valence-electron chi connectivity index (χ1n) is 5.16.